The maximum absolute atomic E-state index is 14.9. The highest BCUT2D eigenvalue weighted by molar-refractivity contribution is 6.13. The summed E-state index contributed by atoms with van der Waals surface area (Å²) in [6.07, 6.45) is 1.63. The van der Waals surface area contributed by atoms with E-state index in [1.54, 1.807) is 18.4 Å². The van der Waals surface area contributed by atoms with E-state index in [0.717, 1.165) is 27.9 Å². The Morgan fingerprint density at radius 2 is 1.80 bits per heavy atom. The molecule has 6 heteroatoms. The van der Waals surface area contributed by atoms with E-state index < -0.39 is 11.5 Å². The van der Waals surface area contributed by atoms with Gasteiger partial charge in [-0.15, -0.1) is 0 Å². The zero-order valence-corrected chi connectivity index (χ0v) is 23.4. The van der Waals surface area contributed by atoms with Gasteiger partial charge in [0.25, 0.3) is 5.91 Å². The van der Waals surface area contributed by atoms with E-state index in [-0.39, 0.29) is 17.6 Å². The molecule has 0 N–H and O–H groups in total. The summed E-state index contributed by atoms with van der Waals surface area (Å²) in [5, 5.41) is 0. The molecule has 2 aliphatic rings. The van der Waals surface area contributed by atoms with Gasteiger partial charge in [0.15, 0.2) is 5.78 Å². The lowest BCUT2D eigenvalue weighted by molar-refractivity contribution is -0.129. The van der Waals surface area contributed by atoms with Crippen LogP contribution in [0.4, 0.5) is 5.69 Å². The van der Waals surface area contributed by atoms with Gasteiger partial charge in [0, 0.05) is 29.3 Å². The summed E-state index contributed by atoms with van der Waals surface area (Å²) >= 11 is 0. The van der Waals surface area contributed by atoms with Crippen LogP contribution in [0.25, 0.3) is 0 Å². The first-order chi connectivity index (χ1) is 19.4. The Kier molecular flexibility index (Phi) is 6.59. The topological polar surface area (TPSA) is 63.0 Å². The maximum Gasteiger partial charge on any atom is 0.253 e. The second-order valence-corrected chi connectivity index (χ2v) is 10.9. The smallest absolute Gasteiger partial charge is 0.253 e. The zero-order valence-electron chi connectivity index (χ0n) is 23.4. The number of likely N-dealkylation sites (N-methyl/N-ethyl adjacent to an activating group) is 1. The number of nitrogens with zero attached hydrogens (tertiary/aromatic N) is 2. The number of ether oxygens (including phenoxy) is 1. The minimum absolute atomic E-state index is 0.0737. The Hall–Kier alpha value is -4.16. The first kappa shape index (κ1) is 26.1. The molecule has 0 aliphatic carbocycles. The summed E-state index contributed by atoms with van der Waals surface area (Å²) in [4.78, 5) is 33.4. The highest BCUT2D eigenvalue weighted by atomic mass is 16.5. The van der Waals surface area contributed by atoms with E-state index in [9.17, 15) is 9.59 Å². The SMILES string of the molecule is CCOc1ccc(C(=O)C2C(c3ccco3)CN(C)C23C(=O)N(Cc2cc(C)ccc2C)c2ccccc23)cc1. The number of carbonyl (C=O) groups excluding carboxylic acids is 2. The molecule has 1 saturated heterocycles. The van der Waals surface area contributed by atoms with Crippen LogP contribution < -0.4 is 9.64 Å². The van der Waals surface area contributed by atoms with Crippen LogP contribution in [0.3, 0.4) is 0 Å². The molecule has 3 heterocycles. The van der Waals surface area contributed by atoms with Crippen molar-refractivity contribution in [3.63, 3.8) is 0 Å². The molecular formula is C34H34N2O4. The number of hydrogen-bond acceptors (Lipinski definition) is 5. The standard InChI is InChI=1S/C34H34N2O4/c1-5-39-26-16-14-24(15-17-26)32(37)31-27(30-11-8-18-40-30)21-35(4)34(31)28-9-6-7-10-29(28)36(33(34)38)20-25-19-22(2)12-13-23(25)3/h6-19,27,31H,5,20-21H2,1-4H3. The van der Waals surface area contributed by atoms with Crippen LogP contribution >= 0.6 is 0 Å². The summed E-state index contributed by atoms with van der Waals surface area (Å²) in [5.41, 5.74) is 4.48. The third-order valence-corrected chi connectivity index (χ3v) is 8.58. The van der Waals surface area contributed by atoms with Crippen LogP contribution in [-0.2, 0) is 16.9 Å². The average molecular weight is 535 g/mol. The van der Waals surface area contributed by atoms with Crippen LogP contribution in [0.15, 0.2) is 89.5 Å². The minimum atomic E-state index is -1.17. The summed E-state index contributed by atoms with van der Waals surface area (Å²) in [6.45, 7) is 7.56. The fourth-order valence-electron chi connectivity index (χ4n) is 6.69. The number of amides is 1. The van der Waals surface area contributed by atoms with Gasteiger partial charge < -0.3 is 14.1 Å². The maximum atomic E-state index is 14.9. The monoisotopic (exact) mass is 534 g/mol. The Balaban J connectivity index is 1.50. The van der Waals surface area contributed by atoms with E-state index >= 15 is 0 Å². The van der Waals surface area contributed by atoms with E-state index in [0.29, 0.717) is 36.8 Å². The average Bonchev–Trinajstić information content (AvgIpc) is 3.65. The number of hydrogen-bond donors (Lipinski definition) is 0. The summed E-state index contributed by atoms with van der Waals surface area (Å²) in [6, 6.07) is 25.3. The lowest BCUT2D eigenvalue weighted by Gasteiger charge is -2.36. The molecular weight excluding hydrogens is 500 g/mol. The number of aryl methyl sites for hydroxylation is 2. The number of fused-ring (bicyclic) bond motifs is 2. The molecule has 3 unspecified atom stereocenters. The van der Waals surface area contributed by atoms with Crippen molar-refractivity contribution >= 4 is 17.4 Å². The summed E-state index contributed by atoms with van der Waals surface area (Å²) in [7, 11) is 1.96. The predicted molar refractivity (Wildman–Crippen MR) is 155 cm³/mol. The minimum Gasteiger partial charge on any atom is -0.494 e. The highest BCUT2D eigenvalue weighted by Crippen LogP contribution is 2.57. The number of likely N-dealkylation sites (tertiary alicyclic amines) is 1. The van der Waals surface area contributed by atoms with Gasteiger partial charge in [-0.05, 0) is 81.4 Å². The second kappa shape index (κ2) is 10.1. The normalized spacial score (nSPS) is 22.2. The molecule has 40 heavy (non-hydrogen) atoms. The molecule has 1 aromatic heterocycles. The van der Waals surface area contributed by atoms with Gasteiger partial charge in [0.2, 0.25) is 0 Å². The fraction of sp³-hybridized carbons (Fsp3) is 0.294. The third-order valence-electron chi connectivity index (χ3n) is 8.58. The van der Waals surface area contributed by atoms with Crippen LogP contribution in [-0.4, -0.2) is 36.8 Å². The number of carbonyl (C=O) groups is 2. The summed E-state index contributed by atoms with van der Waals surface area (Å²) in [5.74, 6) is 0.296. The van der Waals surface area contributed by atoms with Gasteiger partial charge in [-0.1, -0.05) is 42.0 Å². The Bertz CT molecular complexity index is 1560. The van der Waals surface area contributed by atoms with Gasteiger partial charge in [-0.3, -0.25) is 14.5 Å². The first-order valence-corrected chi connectivity index (χ1v) is 13.9. The molecule has 2 aliphatic heterocycles. The van der Waals surface area contributed by atoms with E-state index in [1.807, 2.05) is 67.4 Å². The quantitative estimate of drug-likeness (QED) is 0.262. The molecule has 4 aromatic rings. The van der Waals surface area contributed by atoms with Crippen molar-refractivity contribution in [3.8, 4) is 5.75 Å². The largest absolute Gasteiger partial charge is 0.494 e. The van der Waals surface area contributed by atoms with Crippen molar-refractivity contribution in [2.75, 3.05) is 25.1 Å². The predicted octanol–water partition coefficient (Wildman–Crippen LogP) is 6.27. The molecule has 6 rings (SSSR count). The molecule has 3 aromatic carbocycles. The second-order valence-electron chi connectivity index (χ2n) is 10.9. The molecule has 0 bridgehead atoms. The molecule has 6 nitrogen and oxygen atoms in total. The van der Waals surface area contributed by atoms with Crippen molar-refractivity contribution < 1.29 is 18.7 Å². The molecule has 1 amide bonds. The van der Waals surface area contributed by atoms with Crippen LogP contribution in [0.5, 0.6) is 5.75 Å². The van der Waals surface area contributed by atoms with Gasteiger partial charge in [0.05, 0.1) is 25.3 Å². The number of ketones is 1. The third kappa shape index (κ3) is 3.97. The molecule has 0 saturated carbocycles. The molecule has 3 atom stereocenters. The van der Waals surface area contributed by atoms with Crippen LogP contribution in [0, 0.1) is 19.8 Å². The van der Waals surface area contributed by atoms with Crippen molar-refractivity contribution in [2.24, 2.45) is 5.92 Å². The molecule has 0 radical (unpaired) electrons. The zero-order chi connectivity index (χ0) is 28.0. The Morgan fingerprint density at radius 1 is 1.02 bits per heavy atom. The number of anilines is 1. The fourth-order valence-corrected chi connectivity index (χ4v) is 6.69. The number of furan rings is 1. The molecule has 204 valence electrons. The van der Waals surface area contributed by atoms with Gasteiger partial charge in [0.1, 0.15) is 17.0 Å². The Morgan fingerprint density at radius 3 is 2.52 bits per heavy atom. The van der Waals surface area contributed by atoms with Crippen molar-refractivity contribution in [3.05, 3.63) is 119 Å². The van der Waals surface area contributed by atoms with E-state index in [1.165, 1.54) is 0 Å². The number of Topliss-reactive ketones (excluding diaryl/α,β-unsaturated/α-hetero) is 1. The van der Waals surface area contributed by atoms with Crippen molar-refractivity contribution in [2.45, 2.75) is 38.8 Å². The van der Waals surface area contributed by atoms with Gasteiger partial charge in [-0.25, -0.2) is 0 Å². The van der Waals surface area contributed by atoms with Crippen molar-refractivity contribution in [1.29, 1.82) is 0 Å². The Labute approximate surface area is 235 Å². The molecule has 1 spiro atoms. The van der Waals surface area contributed by atoms with E-state index in [4.69, 9.17) is 9.15 Å². The lowest BCUT2D eigenvalue weighted by atomic mass is 9.71. The number of para-hydroxylation sites is 1. The van der Waals surface area contributed by atoms with E-state index in [2.05, 4.69) is 36.9 Å². The number of benzene rings is 3. The highest BCUT2D eigenvalue weighted by Gasteiger charge is 2.66. The lowest BCUT2D eigenvalue weighted by Crippen LogP contribution is -2.53. The number of rotatable bonds is 7. The first-order valence-electron chi connectivity index (χ1n) is 13.9. The summed E-state index contributed by atoms with van der Waals surface area (Å²) < 4.78 is 11.5. The van der Waals surface area contributed by atoms with Crippen LogP contribution in [0.1, 0.15) is 51.2 Å². The van der Waals surface area contributed by atoms with Crippen molar-refractivity contribution in [1.82, 2.24) is 4.90 Å². The van der Waals surface area contributed by atoms with Gasteiger partial charge in [-0.2, -0.15) is 0 Å². The molecule has 1 fully saturated rings. The van der Waals surface area contributed by atoms with Crippen LogP contribution in [0.2, 0.25) is 0 Å². The van der Waals surface area contributed by atoms with Gasteiger partial charge >= 0.3 is 0 Å².